The van der Waals surface area contributed by atoms with Gasteiger partial charge in [0.2, 0.25) is 0 Å². The molecular formula is C28H31F3N4O4. The fourth-order valence-electron chi connectivity index (χ4n) is 6.06. The Morgan fingerprint density at radius 2 is 1.87 bits per heavy atom. The summed E-state index contributed by atoms with van der Waals surface area (Å²) < 4.78 is 46.6. The Labute approximate surface area is 223 Å². The van der Waals surface area contributed by atoms with Crippen molar-refractivity contribution in [1.29, 1.82) is 0 Å². The number of phenolic OH excluding ortho intramolecular Hbond substituents is 1. The van der Waals surface area contributed by atoms with Crippen molar-refractivity contribution in [3.63, 3.8) is 0 Å². The van der Waals surface area contributed by atoms with E-state index < -0.39 is 35.8 Å². The molecule has 1 aliphatic carbocycles. The number of Topliss-reactive ketones (excluding diaryl/α,β-unsaturated/α-hetero) is 1. The molecule has 8 nitrogen and oxygen atoms in total. The van der Waals surface area contributed by atoms with Crippen LogP contribution >= 0.6 is 0 Å². The summed E-state index contributed by atoms with van der Waals surface area (Å²) >= 11 is 0. The predicted molar refractivity (Wildman–Crippen MR) is 134 cm³/mol. The van der Waals surface area contributed by atoms with Gasteiger partial charge in [-0.3, -0.25) is 9.59 Å². The Bertz CT molecular complexity index is 1390. The number of aromatic hydroxyl groups is 1. The maximum absolute atomic E-state index is 13.4. The number of hydrogen-bond acceptors (Lipinski definition) is 7. The fourth-order valence-corrected chi connectivity index (χ4v) is 6.06. The van der Waals surface area contributed by atoms with Gasteiger partial charge >= 0.3 is 12.1 Å². The zero-order chi connectivity index (χ0) is 27.9. The predicted octanol–water partition coefficient (Wildman–Crippen LogP) is 4.79. The van der Waals surface area contributed by atoms with Crippen LogP contribution in [0.5, 0.6) is 5.75 Å². The van der Waals surface area contributed by atoms with Crippen molar-refractivity contribution in [3.05, 3.63) is 52.6 Å². The topological polar surface area (TPSA) is 107 Å². The highest BCUT2D eigenvalue weighted by Crippen LogP contribution is 2.45. The second-order valence-electron chi connectivity index (χ2n) is 10.9. The van der Waals surface area contributed by atoms with E-state index >= 15 is 0 Å². The zero-order valence-electron chi connectivity index (χ0n) is 21.9. The summed E-state index contributed by atoms with van der Waals surface area (Å²) in [6.07, 6.45) is -1.44. The number of hydrogen-bond donors (Lipinski definition) is 1. The van der Waals surface area contributed by atoms with Crippen LogP contribution in [0.2, 0.25) is 0 Å². The lowest BCUT2D eigenvalue weighted by molar-refractivity contribution is -0.185. The van der Waals surface area contributed by atoms with Gasteiger partial charge in [0, 0.05) is 29.8 Å². The second kappa shape index (κ2) is 10.2. The van der Waals surface area contributed by atoms with Crippen molar-refractivity contribution < 1.29 is 32.6 Å². The Morgan fingerprint density at radius 3 is 2.56 bits per heavy atom. The number of aromatic nitrogens is 4. The van der Waals surface area contributed by atoms with E-state index in [4.69, 9.17) is 4.74 Å². The highest BCUT2D eigenvalue weighted by molar-refractivity contribution is 6.01. The smallest absolute Gasteiger partial charge is 0.393 e. The Morgan fingerprint density at radius 1 is 1.13 bits per heavy atom. The highest BCUT2D eigenvalue weighted by atomic mass is 19.4. The van der Waals surface area contributed by atoms with Crippen LogP contribution in [0, 0.1) is 25.7 Å². The van der Waals surface area contributed by atoms with Crippen molar-refractivity contribution in [2.45, 2.75) is 83.4 Å². The average Bonchev–Trinajstić information content (AvgIpc) is 3.52. The SMILES string of the molecule is Cc1cc(C)n2nc(CC3C(=O)CC(CCc4ccc(O)c(CC(F)(F)F)c4)(C4CCCC4)OC3=O)nc2n1. The minimum atomic E-state index is -4.45. The van der Waals surface area contributed by atoms with Crippen molar-refractivity contribution in [2.24, 2.45) is 11.8 Å². The first-order valence-electron chi connectivity index (χ1n) is 13.3. The molecule has 5 rings (SSSR count). The quantitative estimate of drug-likeness (QED) is 0.337. The Kier molecular flexibility index (Phi) is 7.11. The summed E-state index contributed by atoms with van der Waals surface area (Å²) in [6.45, 7) is 3.72. The van der Waals surface area contributed by atoms with E-state index in [1.165, 1.54) is 12.1 Å². The second-order valence-corrected chi connectivity index (χ2v) is 10.9. The van der Waals surface area contributed by atoms with Crippen LogP contribution in [0.15, 0.2) is 24.3 Å². The number of carbonyl (C=O) groups excluding carboxylic acids is 2. The number of carbonyl (C=O) groups is 2. The summed E-state index contributed by atoms with van der Waals surface area (Å²) in [5.74, 6) is -1.54. The van der Waals surface area contributed by atoms with Crippen LogP contribution < -0.4 is 0 Å². The summed E-state index contributed by atoms with van der Waals surface area (Å²) in [6, 6.07) is 6.03. The molecule has 2 fully saturated rings. The van der Waals surface area contributed by atoms with Gasteiger partial charge in [0.05, 0.1) is 6.42 Å². The van der Waals surface area contributed by atoms with Gasteiger partial charge < -0.3 is 9.84 Å². The van der Waals surface area contributed by atoms with Gasteiger partial charge in [-0.15, -0.1) is 5.10 Å². The molecule has 1 aliphatic heterocycles. The number of halogens is 3. The third kappa shape index (κ3) is 5.77. The van der Waals surface area contributed by atoms with E-state index in [1.54, 1.807) is 10.6 Å². The first kappa shape index (κ1) is 27.1. The summed E-state index contributed by atoms with van der Waals surface area (Å²) in [5.41, 5.74) is 0.994. The minimum absolute atomic E-state index is 0.00116. The molecule has 39 heavy (non-hydrogen) atoms. The van der Waals surface area contributed by atoms with Crippen LogP contribution in [-0.4, -0.2) is 48.2 Å². The third-order valence-electron chi connectivity index (χ3n) is 7.97. The monoisotopic (exact) mass is 544 g/mol. The lowest BCUT2D eigenvalue weighted by Crippen LogP contribution is -2.52. The maximum atomic E-state index is 13.4. The first-order valence-corrected chi connectivity index (χ1v) is 13.3. The molecule has 2 aromatic heterocycles. The number of ether oxygens (including phenoxy) is 1. The van der Waals surface area contributed by atoms with Crippen molar-refractivity contribution in [1.82, 2.24) is 19.6 Å². The molecular weight excluding hydrogens is 513 g/mol. The summed E-state index contributed by atoms with van der Waals surface area (Å²) in [4.78, 5) is 35.5. The number of nitrogens with zero attached hydrogens (tertiary/aromatic N) is 4. The average molecular weight is 545 g/mol. The first-order chi connectivity index (χ1) is 18.4. The highest BCUT2D eigenvalue weighted by Gasteiger charge is 2.51. The number of rotatable bonds is 7. The van der Waals surface area contributed by atoms with Gasteiger partial charge in [-0.1, -0.05) is 25.0 Å². The van der Waals surface area contributed by atoms with E-state index in [9.17, 15) is 27.9 Å². The number of alkyl halides is 3. The Hall–Kier alpha value is -3.50. The van der Waals surface area contributed by atoms with E-state index in [1.807, 2.05) is 19.9 Å². The van der Waals surface area contributed by atoms with Crippen LogP contribution in [-0.2, 0) is 33.6 Å². The van der Waals surface area contributed by atoms with Crippen LogP contribution in [0.25, 0.3) is 5.78 Å². The summed E-state index contributed by atoms with van der Waals surface area (Å²) in [7, 11) is 0. The number of esters is 1. The number of cyclic esters (lactones) is 1. The lowest BCUT2D eigenvalue weighted by Gasteiger charge is -2.43. The zero-order valence-corrected chi connectivity index (χ0v) is 21.9. The van der Waals surface area contributed by atoms with Gasteiger partial charge in [0.1, 0.15) is 17.3 Å². The molecule has 2 aliphatic rings. The van der Waals surface area contributed by atoms with Crippen molar-refractivity contribution in [2.75, 3.05) is 0 Å². The molecule has 0 radical (unpaired) electrons. The molecule has 2 unspecified atom stereocenters. The van der Waals surface area contributed by atoms with Crippen LogP contribution in [0.4, 0.5) is 13.2 Å². The van der Waals surface area contributed by atoms with Crippen molar-refractivity contribution >= 4 is 17.5 Å². The molecule has 2 atom stereocenters. The van der Waals surface area contributed by atoms with Crippen molar-refractivity contribution in [3.8, 4) is 5.75 Å². The number of aryl methyl sites for hydroxylation is 3. The van der Waals surface area contributed by atoms with E-state index in [0.717, 1.165) is 37.1 Å². The molecule has 0 bridgehead atoms. The molecule has 3 heterocycles. The lowest BCUT2D eigenvalue weighted by atomic mass is 9.73. The molecule has 11 heteroatoms. The third-order valence-corrected chi connectivity index (χ3v) is 7.97. The van der Waals surface area contributed by atoms with Crippen LogP contribution in [0.1, 0.15) is 66.9 Å². The standard InChI is InChI=1S/C28H31F3N4O4/c1-16-11-17(2)35-26(32-16)33-24(34-35)13-21-23(37)15-27(39-25(21)38,20-5-3-4-6-20)10-9-18-7-8-22(36)19(12-18)14-28(29,30)31/h7-8,11-12,20-21,36H,3-6,9-10,13-15H2,1-2H3. The molecule has 0 spiro atoms. The fraction of sp³-hybridized carbons (Fsp3) is 0.536. The molecule has 3 aromatic rings. The Balaban J connectivity index is 1.35. The number of fused-ring (bicyclic) bond motifs is 1. The molecule has 1 N–H and O–H groups in total. The summed E-state index contributed by atoms with van der Waals surface area (Å²) in [5, 5.41) is 14.3. The molecule has 1 aromatic carbocycles. The molecule has 1 saturated heterocycles. The van der Waals surface area contributed by atoms with E-state index in [0.29, 0.717) is 30.0 Å². The van der Waals surface area contributed by atoms with E-state index in [-0.39, 0.29) is 30.1 Å². The normalized spacial score (nSPS) is 22.5. The number of benzene rings is 1. The van der Waals surface area contributed by atoms with Crippen LogP contribution in [0.3, 0.4) is 0 Å². The van der Waals surface area contributed by atoms with E-state index in [2.05, 4.69) is 15.1 Å². The maximum Gasteiger partial charge on any atom is 0.393 e. The number of phenols is 1. The van der Waals surface area contributed by atoms with Gasteiger partial charge in [0.15, 0.2) is 11.6 Å². The van der Waals surface area contributed by atoms with Gasteiger partial charge in [-0.2, -0.15) is 18.2 Å². The number of ketones is 1. The molecule has 208 valence electrons. The molecule has 0 amide bonds. The van der Waals surface area contributed by atoms with Gasteiger partial charge in [-0.05, 0) is 63.1 Å². The van der Waals surface area contributed by atoms with Gasteiger partial charge in [-0.25, -0.2) is 9.50 Å². The minimum Gasteiger partial charge on any atom is -0.508 e. The molecule has 1 saturated carbocycles. The van der Waals surface area contributed by atoms with Gasteiger partial charge in [0.25, 0.3) is 5.78 Å². The largest absolute Gasteiger partial charge is 0.508 e.